The molecule has 0 spiro atoms. The molecule has 1 aliphatic rings. The van der Waals surface area contributed by atoms with Crippen LogP contribution < -0.4 is 16.2 Å². The second kappa shape index (κ2) is 6.31. The predicted molar refractivity (Wildman–Crippen MR) is 72.7 cm³/mol. The van der Waals surface area contributed by atoms with Gasteiger partial charge in [0, 0.05) is 6.54 Å². The minimum Gasteiger partial charge on any atom is -0.394 e. The monoisotopic (exact) mass is 316 g/mol. The van der Waals surface area contributed by atoms with E-state index < -0.39 is 0 Å². The lowest BCUT2D eigenvalue weighted by atomic mass is 10.1. The van der Waals surface area contributed by atoms with Crippen LogP contribution in [-0.4, -0.2) is 41.1 Å². The van der Waals surface area contributed by atoms with Crippen molar-refractivity contribution in [1.82, 2.24) is 15.1 Å². The average molecular weight is 317 g/mol. The van der Waals surface area contributed by atoms with E-state index in [1.807, 2.05) is 0 Å². The molecule has 0 aromatic carbocycles. The summed E-state index contributed by atoms with van der Waals surface area (Å²) in [6, 6.07) is 0. The molecule has 1 fully saturated rings. The van der Waals surface area contributed by atoms with Crippen LogP contribution in [-0.2, 0) is 6.54 Å². The van der Waals surface area contributed by atoms with Crippen LogP contribution in [0.4, 0.5) is 5.69 Å². The molecule has 0 aliphatic carbocycles. The van der Waals surface area contributed by atoms with E-state index in [0.29, 0.717) is 16.1 Å². The number of anilines is 1. The number of aromatic nitrogens is 2. The van der Waals surface area contributed by atoms with Gasteiger partial charge in [0.25, 0.3) is 5.56 Å². The third kappa shape index (κ3) is 3.09. The lowest BCUT2D eigenvalue weighted by molar-refractivity contribution is 0.266. The zero-order valence-corrected chi connectivity index (χ0v) is 11.6. The summed E-state index contributed by atoms with van der Waals surface area (Å²) in [5.41, 5.74) is 0.486. The Labute approximate surface area is 114 Å². The molecule has 0 radical (unpaired) electrons. The van der Waals surface area contributed by atoms with Gasteiger partial charge in [0.05, 0.1) is 25.0 Å². The van der Waals surface area contributed by atoms with Crippen LogP contribution >= 0.6 is 15.9 Å². The summed E-state index contributed by atoms with van der Waals surface area (Å²) in [5, 5.41) is 19.4. The van der Waals surface area contributed by atoms with Gasteiger partial charge in [0.15, 0.2) is 0 Å². The Balaban J connectivity index is 2.04. The van der Waals surface area contributed by atoms with Crippen LogP contribution in [0.5, 0.6) is 0 Å². The maximum atomic E-state index is 11.9. The molecular weight excluding hydrogens is 300 g/mol. The van der Waals surface area contributed by atoms with Crippen LogP contribution in [0.1, 0.15) is 6.42 Å². The first kappa shape index (κ1) is 13.5. The van der Waals surface area contributed by atoms with Crippen LogP contribution in [0, 0.1) is 5.92 Å². The van der Waals surface area contributed by atoms with Crippen molar-refractivity contribution in [2.45, 2.75) is 13.0 Å². The minimum atomic E-state index is -0.224. The first-order chi connectivity index (χ1) is 8.72. The number of aliphatic hydroxyl groups is 1. The van der Waals surface area contributed by atoms with E-state index >= 15 is 0 Å². The van der Waals surface area contributed by atoms with E-state index in [1.165, 1.54) is 4.68 Å². The topological polar surface area (TPSA) is 79.2 Å². The van der Waals surface area contributed by atoms with Crippen molar-refractivity contribution in [2.24, 2.45) is 5.92 Å². The molecule has 6 nitrogen and oxygen atoms in total. The lowest BCUT2D eigenvalue weighted by Crippen LogP contribution is -2.26. The number of nitrogens with zero attached hydrogens (tertiary/aromatic N) is 2. The Morgan fingerprint density at radius 2 is 2.50 bits per heavy atom. The van der Waals surface area contributed by atoms with Crippen molar-refractivity contribution in [1.29, 1.82) is 0 Å². The summed E-state index contributed by atoms with van der Waals surface area (Å²) in [7, 11) is 0. The van der Waals surface area contributed by atoms with Gasteiger partial charge < -0.3 is 15.7 Å². The molecule has 1 aliphatic heterocycles. The summed E-state index contributed by atoms with van der Waals surface area (Å²) in [6.45, 7) is 3.02. The van der Waals surface area contributed by atoms with E-state index in [4.69, 9.17) is 5.11 Å². The average Bonchev–Trinajstić information content (AvgIpc) is 2.87. The van der Waals surface area contributed by atoms with Gasteiger partial charge in [-0.15, -0.1) is 0 Å². The molecule has 2 heterocycles. The second-order valence-electron chi connectivity index (χ2n) is 4.36. The van der Waals surface area contributed by atoms with E-state index in [2.05, 4.69) is 31.7 Å². The summed E-state index contributed by atoms with van der Waals surface area (Å²) < 4.78 is 1.71. The standard InChI is InChI=1S/C11H17BrN4O2/c12-10-9(14-6-8-1-2-13-5-8)7-15-16(3-4-17)11(10)18/h7-8,13-14,17H,1-6H2. The van der Waals surface area contributed by atoms with Crippen LogP contribution in [0.25, 0.3) is 0 Å². The Morgan fingerprint density at radius 1 is 1.67 bits per heavy atom. The Morgan fingerprint density at radius 3 is 3.17 bits per heavy atom. The minimum absolute atomic E-state index is 0.0974. The van der Waals surface area contributed by atoms with Crippen molar-refractivity contribution in [2.75, 3.05) is 31.6 Å². The van der Waals surface area contributed by atoms with E-state index in [-0.39, 0.29) is 18.7 Å². The van der Waals surface area contributed by atoms with Crippen LogP contribution in [0.15, 0.2) is 15.5 Å². The van der Waals surface area contributed by atoms with Gasteiger partial charge in [-0.1, -0.05) is 0 Å². The van der Waals surface area contributed by atoms with Crippen molar-refractivity contribution in [3.63, 3.8) is 0 Å². The Kier molecular flexibility index (Phi) is 4.73. The highest BCUT2D eigenvalue weighted by molar-refractivity contribution is 9.10. The van der Waals surface area contributed by atoms with Gasteiger partial charge in [0.1, 0.15) is 4.47 Å². The molecule has 1 atom stereocenters. The summed E-state index contributed by atoms with van der Waals surface area (Å²) >= 11 is 3.28. The van der Waals surface area contributed by atoms with Crippen molar-refractivity contribution < 1.29 is 5.11 Å². The molecule has 0 amide bonds. The third-order valence-corrected chi connectivity index (χ3v) is 3.81. The molecule has 18 heavy (non-hydrogen) atoms. The normalized spacial score (nSPS) is 19.1. The van der Waals surface area contributed by atoms with Gasteiger partial charge in [-0.25, -0.2) is 4.68 Å². The fraction of sp³-hybridized carbons (Fsp3) is 0.636. The maximum absolute atomic E-state index is 11.9. The first-order valence-electron chi connectivity index (χ1n) is 6.03. The Hall–Kier alpha value is -0.920. The van der Waals surface area contributed by atoms with Gasteiger partial charge in [-0.05, 0) is 41.4 Å². The molecule has 3 N–H and O–H groups in total. The highest BCUT2D eigenvalue weighted by Gasteiger charge is 2.15. The van der Waals surface area contributed by atoms with Gasteiger partial charge in [0.2, 0.25) is 0 Å². The molecule has 1 aromatic heterocycles. The molecule has 0 bridgehead atoms. The molecule has 1 saturated heterocycles. The zero-order chi connectivity index (χ0) is 13.0. The molecule has 1 unspecified atom stereocenters. The van der Waals surface area contributed by atoms with E-state index in [0.717, 1.165) is 26.1 Å². The highest BCUT2D eigenvalue weighted by Crippen LogP contribution is 2.17. The van der Waals surface area contributed by atoms with Crippen molar-refractivity contribution in [3.05, 3.63) is 21.0 Å². The Bertz CT molecular complexity index is 457. The zero-order valence-electron chi connectivity index (χ0n) is 10.0. The van der Waals surface area contributed by atoms with Crippen molar-refractivity contribution >= 4 is 21.6 Å². The highest BCUT2D eigenvalue weighted by atomic mass is 79.9. The maximum Gasteiger partial charge on any atom is 0.283 e. The second-order valence-corrected chi connectivity index (χ2v) is 5.16. The number of nitrogens with one attached hydrogen (secondary N) is 2. The number of hydrogen-bond donors (Lipinski definition) is 3. The van der Waals surface area contributed by atoms with Gasteiger partial charge >= 0.3 is 0 Å². The van der Waals surface area contributed by atoms with Crippen molar-refractivity contribution in [3.8, 4) is 0 Å². The predicted octanol–water partition coefficient (Wildman–Crippen LogP) is 0.0195. The smallest absolute Gasteiger partial charge is 0.283 e. The van der Waals surface area contributed by atoms with E-state index in [1.54, 1.807) is 6.20 Å². The fourth-order valence-electron chi connectivity index (χ4n) is 1.99. The van der Waals surface area contributed by atoms with Crippen LogP contribution in [0.3, 0.4) is 0 Å². The first-order valence-corrected chi connectivity index (χ1v) is 6.82. The lowest BCUT2D eigenvalue weighted by Gasteiger charge is -2.13. The largest absolute Gasteiger partial charge is 0.394 e. The third-order valence-electron chi connectivity index (χ3n) is 3.04. The quantitative estimate of drug-likeness (QED) is 0.713. The molecule has 2 rings (SSSR count). The summed E-state index contributed by atoms with van der Waals surface area (Å²) in [5.74, 6) is 0.594. The number of aliphatic hydroxyl groups excluding tert-OH is 1. The van der Waals surface area contributed by atoms with Crippen LogP contribution in [0.2, 0.25) is 0 Å². The number of halogens is 1. The summed E-state index contributed by atoms with van der Waals surface area (Å²) in [4.78, 5) is 11.9. The molecule has 7 heteroatoms. The van der Waals surface area contributed by atoms with Gasteiger partial charge in [-0.2, -0.15) is 5.10 Å². The number of rotatable bonds is 5. The molecular formula is C11H17BrN4O2. The molecule has 100 valence electrons. The molecule has 1 aromatic rings. The number of hydrogen-bond acceptors (Lipinski definition) is 5. The molecule has 0 saturated carbocycles. The summed E-state index contributed by atoms with van der Waals surface area (Å²) in [6.07, 6.45) is 2.77. The van der Waals surface area contributed by atoms with Gasteiger partial charge in [-0.3, -0.25) is 4.79 Å². The van der Waals surface area contributed by atoms with E-state index in [9.17, 15) is 4.79 Å². The SMILES string of the molecule is O=c1c(Br)c(NCC2CCNC2)cnn1CCO. The fourth-order valence-corrected chi connectivity index (χ4v) is 2.43.